The minimum atomic E-state index is -1.12. The number of aliphatic hydroxyl groups is 1. The molecule has 32 heavy (non-hydrogen) atoms. The maximum Gasteiger partial charge on any atom is 0.168 e. The molecule has 1 spiro atoms. The smallest absolute Gasteiger partial charge is 0.168 e. The zero-order valence-electron chi connectivity index (χ0n) is 19.4. The van der Waals surface area contributed by atoms with Crippen LogP contribution in [0.3, 0.4) is 0 Å². The summed E-state index contributed by atoms with van der Waals surface area (Å²) in [6.07, 6.45) is 14.5. The summed E-state index contributed by atoms with van der Waals surface area (Å²) in [6, 6.07) is 5.63. The van der Waals surface area contributed by atoms with Crippen LogP contribution in [-0.4, -0.2) is 24.1 Å². The Hall–Kier alpha value is -1.23. The van der Waals surface area contributed by atoms with Gasteiger partial charge in [0, 0.05) is 18.4 Å². The molecule has 0 bridgehead atoms. The summed E-state index contributed by atoms with van der Waals surface area (Å²) in [4.78, 5) is 0. The predicted molar refractivity (Wildman–Crippen MR) is 124 cm³/mol. The van der Waals surface area contributed by atoms with Crippen LogP contribution in [0.2, 0.25) is 0 Å². The Morgan fingerprint density at radius 2 is 1.47 bits per heavy atom. The number of ether oxygens (including phenoxy) is 2. The van der Waals surface area contributed by atoms with Crippen LogP contribution in [0.4, 0.5) is 4.39 Å². The van der Waals surface area contributed by atoms with Crippen molar-refractivity contribution in [3.63, 3.8) is 0 Å². The molecule has 0 unspecified atom stereocenters. The molecule has 4 aliphatic rings. The van der Waals surface area contributed by atoms with E-state index in [9.17, 15) is 5.11 Å². The van der Waals surface area contributed by atoms with Crippen molar-refractivity contribution in [2.24, 2.45) is 17.8 Å². The van der Waals surface area contributed by atoms with Crippen LogP contribution in [0.1, 0.15) is 94.1 Å². The molecule has 4 fully saturated rings. The van der Waals surface area contributed by atoms with E-state index in [0.29, 0.717) is 50.4 Å². The van der Waals surface area contributed by atoms with E-state index in [2.05, 4.69) is 18.7 Å². The van der Waals surface area contributed by atoms with E-state index in [1.807, 2.05) is 6.07 Å². The highest BCUT2D eigenvalue weighted by atomic mass is 19.1. The summed E-state index contributed by atoms with van der Waals surface area (Å²) in [5, 5.41) is 11.2. The molecular weight excluding hydrogens is 403 g/mol. The molecule has 1 aromatic rings. The predicted octanol–water partition coefficient (Wildman–Crippen LogP) is 6.60. The van der Waals surface area contributed by atoms with Gasteiger partial charge in [-0.15, -0.1) is 6.58 Å². The summed E-state index contributed by atoms with van der Waals surface area (Å²) < 4.78 is 26.8. The highest BCUT2D eigenvalue weighted by molar-refractivity contribution is 5.32. The zero-order valence-corrected chi connectivity index (χ0v) is 19.4. The highest BCUT2D eigenvalue weighted by Gasteiger charge is 2.47. The molecular formula is C28H39FO3. The van der Waals surface area contributed by atoms with Gasteiger partial charge in [-0.25, -0.2) is 4.39 Å². The third kappa shape index (κ3) is 4.43. The van der Waals surface area contributed by atoms with Gasteiger partial charge in [0.05, 0.1) is 18.8 Å². The lowest BCUT2D eigenvalue weighted by atomic mass is 9.68. The number of rotatable bonds is 4. The van der Waals surface area contributed by atoms with Gasteiger partial charge in [-0.2, -0.15) is 0 Å². The molecule has 1 aromatic carbocycles. The van der Waals surface area contributed by atoms with Crippen molar-refractivity contribution in [2.45, 2.75) is 94.4 Å². The number of benzene rings is 1. The van der Waals surface area contributed by atoms with Gasteiger partial charge in [0.25, 0.3) is 0 Å². The first kappa shape index (κ1) is 22.6. The lowest BCUT2D eigenvalue weighted by Gasteiger charge is -2.41. The minimum absolute atomic E-state index is 0.251. The van der Waals surface area contributed by atoms with E-state index < -0.39 is 11.4 Å². The standard InChI is InChI=1S/C28H39FO3/c1-2-20-3-5-21(6-4-20)22-7-9-23(10-8-22)24-11-12-25(26(29)19-24)27(30)13-15-28(16-14-27)31-17-18-32-28/h2,11-12,19-23,30H,1,3-10,13-18H2. The lowest BCUT2D eigenvalue weighted by Crippen LogP contribution is -2.42. The molecule has 3 nitrogen and oxygen atoms in total. The summed E-state index contributed by atoms with van der Waals surface area (Å²) >= 11 is 0. The average Bonchev–Trinajstić information content (AvgIpc) is 3.30. The fourth-order valence-electron chi connectivity index (χ4n) is 7.04. The molecule has 3 saturated carbocycles. The van der Waals surface area contributed by atoms with Crippen LogP contribution >= 0.6 is 0 Å². The highest BCUT2D eigenvalue weighted by Crippen LogP contribution is 2.47. The topological polar surface area (TPSA) is 38.7 Å². The second-order valence-corrected chi connectivity index (χ2v) is 10.9. The second kappa shape index (κ2) is 9.19. The van der Waals surface area contributed by atoms with Crippen molar-refractivity contribution in [3.05, 3.63) is 47.8 Å². The van der Waals surface area contributed by atoms with E-state index >= 15 is 4.39 Å². The summed E-state index contributed by atoms with van der Waals surface area (Å²) in [7, 11) is 0. The van der Waals surface area contributed by atoms with Crippen molar-refractivity contribution in [1.82, 2.24) is 0 Å². The van der Waals surface area contributed by atoms with Crippen LogP contribution in [0, 0.1) is 23.6 Å². The Morgan fingerprint density at radius 3 is 2.03 bits per heavy atom. The van der Waals surface area contributed by atoms with Crippen molar-refractivity contribution in [1.29, 1.82) is 0 Å². The van der Waals surface area contributed by atoms with Crippen LogP contribution in [0.25, 0.3) is 0 Å². The maximum atomic E-state index is 15.2. The Labute approximate surface area is 192 Å². The van der Waals surface area contributed by atoms with Gasteiger partial charge in [0.15, 0.2) is 5.79 Å². The van der Waals surface area contributed by atoms with Crippen LogP contribution in [0.5, 0.6) is 0 Å². The van der Waals surface area contributed by atoms with E-state index in [0.717, 1.165) is 36.2 Å². The quantitative estimate of drug-likeness (QED) is 0.534. The molecule has 4 heteroatoms. The first-order valence-electron chi connectivity index (χ1n) is 12.9. The first-order valence-corrected chi connectivity index (χ1v) is 12.9. The fraction of sp³-hybridized carbons (Fsp3) is 0.714. The molecule has 1 aliphatic heterocycles. The zero-order chi connectivity index (χ0) is 22.2. The van der Waals surface area contributed by atoms with Gasteiger partial charge in [-0.3, -0.25) is 0 Å². The van der Waals surface area contributed by atoms with Crippen LogP contribution < -0.4 is 0 Å². The van der Waals surface area contributed by atoms with Crippen molar-refractivity contribution in [3.8, 4) is 0 Å². The number of halogens is 1. The first-order chi connectivity index (χ1) is 15.5. The number of hydrogen-bond acceptors (Lipinski definition) is 3. The van der Waals surface area contributed by atoms with E-state index in [1.165, 1.54) is 38.5 Å². The Bertz CT molecular complexity index is 789. The van der Waals surface area contributed by atoms with Crippen LogP contribution in [-0.2, 0) is 15.1 Å². The monoisotopic (exact) mass is 442 g/mol. The third-order valence-corrected chi connectivity index (χ3v) is 9.21. The van der Waals surface area contributed by atoms with Gasteiger partial charge in [0.2, 0.25) is 0 Å². The minimum Gasteiger partial charge on any atom is -0.385 e. The summed E-state index contributed by atoms with van der Waals surface area (Å²) in [5.74, 6) is 2.10. The molecule has 176 valence electrons. The summed E-state index contributed by atoms with van der Waals surface area (Å²) in [5.41, 5.74) is 0.436. The summed E-state index contributed by atoms with van der Waals surface area (Å²) in [6.45, 7) is 5.19. The van der Waals surface area contributed by atoms with Gasteiger partial charge in [-0.05, 0) is 99.5 Å². The maximum absolute atomic E-state index is 15.2. The molecule has 3 aliphatic carbocycles. The van der Waals surface area contributed by atoms with E-state index in [-0.39, 0.29) is 5.82 Å². The van der Waals surface area contributed by atoms with Crippen LogP contribution in [0.15, 0.2) is 30.9 Å². The average molecular weight is 443 g/mol. The molecule has 5 rings (SSSR count). The fourth-order valence-corrected chi connectivity index (χ4v) is 7.04. The van der Waals surface area contributed by atoms with Crippen molar-refractivity contribution in [2.75, 3.05) is 13.2 Å². The molecule has 0 radical (unpaired) electrons. The molecule has 0 atom stereocenters. The van der Waals surface area contributed by atoms with Gasteiger partial charge >= 0.3 is 0 Å². The lowest BCUT2D eigenvalue weighted by molar-refractivity contribution is -0.204. The van der Waals surface area contributed by atoms with Gasteiger partial charge in [-0.1, -0.05) is 18.2 Å². The second-order valence-electron chi connectivity index (χ2n) is 10.9. The van der Waals surface area contributed by atoms with Gasteiger partial charge < -0.3 is 14.6 Å². The van der Waals surface area contributed by atoms with Crippen molar-refractivity contribution < 1.29 is 19.0 Å². The number of hydrogen-bond donors (Lipinski definition) is 1. The normalized spacial score (nSPS) is 34.4. The van der Waals surface area contributed by atoms with E-state index in [1.54, 1.807) is 6.07 Å². The number of allylic oxidation sites excluding steroid dienone is 1. The Morgan fingerprint density at radius 1 is 0.875 bits per heavy atom. The third-order valence-electron chi connectivity index (χ3n) is 9.21. The molecule has 0 aromatic heterocycles. The SMILES string of the molecule is C=CC1CCC(C2CCC(c3ccc(C4(O)CCC5(CC4)OCCO5)c(F)c3)CC2)CC1. The molecule has 1 heterocycles. The van der Waals surface area contributed by atoms with Gasteiger partial charge in [0.1, 0.15) is 5.82 Å². The van der Waals surface area contributed by atoms with Crippen molar-refractivity contribution >= 4 is 0 Å². The molecule has 0 amide bonds. The van der Waals surface area contributed by atoms with E-state index in [4.69, 9.17) is 9.47 Å². The molecule has 1 N–H and O–H groups in total. The Balaban J connectivity index is 1.19. The Kier molecular flexibility index (Phi) is 6.48. The largest absolute Gasteiger partial charge is 0.385 e. The molecule has 1 saturated heterocycles.